The van der Waals surface area contributed by atoms with Crippen LogP contribution < -0.4 is 5.32 Å². The van der Waals surface area contributed by atoms with E-state index in [9.17, 15) is 9.59 Å². The van der Waals surface area contributed by atoms with Crippen molar-refractivity contribution in [2.75, 3.05) is 0 Å². The fourth-order valence-corrected chi connectivity index (χ4v) is 3.00. The molecule has 0 spiro atoms. The number of aromatic nitrogens is 1. The predicted octanol–water partition coefficient (Wildman–Crippen LogP) is 3.00. The molecule has 1 fully saturated rings. The zero-order valence-electron chi connectivity index (χ0n) is 14.0. The topological polar surface area (TPSA) is 75.4 Å². The van der Waals surface area contributed by atoms with Crippen LogP contribution in [0.1, 0.15) is 11.3 Å². The maximum absolute atomic E-state index is 12.6. The monoisotopic (exact) mass is 347 g/mol. The highest BCUT2D eigenvalue weighted by atomic mass is 16.5. The molecule has 0 radical (unpaired) electrons. The molecule has 1 aromatic heterocycles. The van der Waals surface area contributed by atoms with Crippen LogP contribution in [0.2, 0.25) is 0 Å². The highest BCUT2D eigenvalue weighted by molar-refractivity contribution is 6.04. The molecule has 6 heteroatoms. The van der Waals surface area contributed by atoms with Gasteiger partial charge in [-0.05, 0) is 5.56 Å². The molecule has 6 nitrogen and oxygen atoms in total. The Labute approximate surface area is 150 Å². The number of amides is 3. The Morgan fingerprint density at radius 3 is 2.42 bits per heavy atom. The van der Waals surface area contributed by atoms with Crippen molar-refractivity contribution in [1.29, 1.82) is 0 Å². The molecule has 130 valence electrons. The zero-order valence-corrected chi connectivity index (χ0v) is 14.0. The summed E-state index contributed by atoms with van der Waals surface area (Å²) in [7, 11) is 0. The van der Waals surface area contributed by atoms with Crippen LogP contribution in [-0.4, -0.2) is 28.0 Å². The first kappa shape index (κ1) is 16.1. The molecule has 2 heterocycles. The number of nitrogens with one attached hydrogen (secondary N) is 1. The molecule has 0 saturated carbocycles. The summed E-state index contributed by atoms with van der Waals surface area (Å²) < 4.78 is 5.33. The van der Waals surface area contributed by atoms with Crippen molar-refractivity contribution in [2.24, 2.45) is 0 Å². The average Bonchev–Trinajstić information content (AvgIpc) is 3.24. The maximum atomic E-state index is 12.6. The molecule has 0 aliphatic carbocycles. The minimum Gasteiger partial charge on any atom is -0.356 e. The Morgan fingerprint density at radius 1 is 1.00 bits per heavy atom. The number of hydrogen-bond acceptors (Lipinski definition) is 4. The molecule has 1 unspecified atom stereocenters. The highest BCUT2D eigenvalue weighted by Gasteiger charge is 2.38. The summed E-state index contributed by atoms with van der Waals surface area (Å²) in [5.74, 6) is 0.358. The Balaban J connectivity index is 1.46. The average molecular weight is 347 g/mol. The normalized spacial score (nSPS) is 16.8. The van der Waals surface area contributed by atoms with Gasteiger partial charge in [0, 0.05) is 18.1 Å². The minimum absolute atomic E-state index is 0.0896. The number of hydrogen-bond donors (Lipinski definition) is 1. The minimum atomic E-state index is -0.551. The van der Waals surface area contributed by atoms with E-state index in [-0.39, 0.29) is 12.5 Å². The first-order chi connectivity index (χ1) is 12.7. The van der Waals surface area contributed by atoms with E-state index in [0.717, 1.165) is 11.1 Å². The van der Waals surface area contributed by atoms with Crippen molar-refractivity contribution in [3.05, 3.63) is 78.0 Å². The second-order valence-electron chi connectivity index (χ2n) is 6.16. The summed E-state index contributed by atoms with van der Waals surface area (Å²) in [6.45, 7) is 0.0896. The molecule has 4 rings (SSSR count). The van der Waals surface area contributed by atoms with Crippen molar-refractivity contribution in [3.63, 3.8) is 0 Å². The van der Waals surface area contributed by atoms with Gasteiger partial charge in [-0.2, -0.15) is 0 Å². The van der Waals surface area contributed by atoms with E-state index in [0.29, 0.717) is 17.9 Å². The van der Waals surface area contributed by atoms with E-state index in [1.54, 1.807) is 6.07 Å². The number of carbonyl (C=O) groups excluding carboxylic acids is 2. The number of imide groups is 1. The van der Waals surface area contributed by atoms with E-state index < -0.39 is 12.1 Å². The van der Waals surface area contributed by atoms with Crippen LogP contribution in [-0.2, 0) is 17.8 Å². The second kappa shape index (κ2) is 6.84. The Bertz CT molecular complexity index is 922. The van der Waals surface area contributed by atoms with Gasteiger partial charge in [0.05, 0.1) is 6.54 Å². The van der Waals surface area contributed by atoms with Gasteiger partial charge in [0.15, 0.2) is 5.76 Å². The molecule has 1 aliphatic heterocycles. The van der Waals surface area contributed by atoms with Crippen molar-refractivity contribution >= 4 is 11.9 Å². The van der Waals surface area contributed by atoms with E-state index >= 15 is 0 Å². The molecule has 1 saturated heterocycles. The molecule has 3 amide bonds. The van der Waals surface area contributed by atoms with E-state index in [1.807, 2.05) is 60.7 Å². The second-order valence-corrected chi connectivity index (χ2v) is 6.16. The number of benzene rings is 2. The SMILES string of the molecule is O=C1NC(Cc2ccccc2)C(=O)N1Cc1cc(-c2ccccc2)on1. The lowest BCUT2D eigenvalue weighted by atomic mass is 10.1. The third kappa shape index (κ3) is 3.21. The van der Waals surface area contributed by atoms with Gasteiger partial charge >= 0.3 is 6.03 Å². The van der Waals surface area contributed by atoms with Crippen LogP contribution in [0.15, 0.2) is 71.3 Å². The van der Waals surface area contributed by atoms with Gasteiger partial charge < -0.3 is 9.84 Å². The third-order valence-corrected chi connectivity index (χ3v) is 4.33. The van der Waals surface area contributed by atoms with Gasteiger partial charge in [-0.25, -0.2) is 4.79 Å². The summed E-state index contributed by atoms with van der Waals surface area (Å²) in [6.07, 6.45) is 0.468. The largest absolute Gasteiger partial charge is 0.356 e. The molecule has 1 N–H and O–H groups in total. The Hall–Kier alpha value is -3.41. The molecule has 1 aliphatic rings. The lowest BCUT2D eigenvalue weighted by molar-refractivity contribution is -0.127. The van der Waals surface area contributed by atoms with Crippen LogP contribution in [0.25, 0.3) is 11.3 Å². The molecule has 0 bridgehead atoms. The van der Waals surface area contributed by atoms with E-state index in [2.05, 4.69) is 10.5 Å². The summed E-state index contributed by atoms with van der Waals surface area (Å²) in [5, 5.41) is 6.73. The number of carbonyl (C=O) groups is 2. The van der Waals surface area contributed by atoms with Crippen molar-refractivity contribution in [2.45, 2.75) is 19.0 Å². The van der Waals surface area contributed by atoms with Gasteiger partial charge in [0.2, 0.25) is 0 Å². The zero-order chi connectivity index (χ0) is 17.9. The van der Waals surface area contributed by atoms with E-state index in [4.69, 9.17) is 4.52 Å². The van der Waals surface area contributed by atoms with Gasteiger partial charge in [-0.15, -0.1) is 0 Å². The predicted molar refractivity (Wildman–Crippen MR) is 95.0 cm³/mol. The van der Waals surface area contributed by atoms with Gasteiger partial charge in [0.25, 0.3) is 5.91 Å². The van der Waals surface area contributed by atoms with Crippen LogP contribution in [0.3, 0.4) is 0 Å². The fourth-order valence-electron chi connectivity index (χ4n) is 3.00. The molecule has 26 heavy (non-hydrogen) atoms. The number of nitrogens with zero attached hydrogens (tertiary/aromatic N) is 2. The molecule has 3 aromatic rings. The molecular weight excluding hydrogens is 330 g/mol. The van der Waals surface area contributed by atoms with Crippen LogP contribution in [0.5, 0.6) is 0 Å². The highest BCUT2D eigenvalue weighted by Crippen LogP contribution is 2.21. The smallest absolute Gasteiger partial charge is 0.325 e. The molecule has 1 atom stereocenters. The summed E-state index contributed by atoms with van der Waals surface area (Å²) in [6, 6.07) is 20.0. The number of rotatable bonds is 5. The lowest BCUT2D eigenvalue weighted by Gasteiger charge is -2.11. The fraction of sp³-hybridized carbons (Fsp3) is 0.150. The van der Waals surface area contributed by atoms with Gasteiger partial charge in [-0.1, -0.05) is 65.8 Å². The third-order valence-electron chi connectivity index (χ3n) is 4.33. The van der Waals surface area contributed by atoms with Crippen LogP contribution in [0.4, 0.5) is 4.79 Å². The first-order valence-electron chi connectivity index (χ1n) is 8.37. The quantitative estimate of drug-likeness (QED) is 0.720. The van der Waals surface area contributed by atoms with Gasteiger partial charge in [-0.3, -0.25) is 9.69 Å². The molecular formula is C20H17N3O3. The van der Waals surface area contributed by atoms with Crippen LogP contribution in [0, 0.1) is 0 Å². The Morgan fingerprint density at radius 2 is 1.69 bits per heavy atom. The van der Waals surface area contributed by atoms with Crippen LogP contribution >= 0.6 is 0 Å². The van der Waals surface area contributed by atoms with E-state index in [1.165, 1.54) is 4.90 Å². The summed E-state index contributed by atoms with van der Waals surface area (Å²) >= 11 is 0. The summed E-state index contributed by atoms with van der Waals surface area (Å²) in [4.78, 5) is 26.0. The molecule has 2 aromatic carbocycles. The van der Waals surface area contributed by atoms with Gasteiger partial charge in [0.1, 0.15) is 11.7 Å². The van der Waals surface area contributed by atoms with Crippen molar-refractivity contribution < 1.29 is 14.1 Å². The lowest BCUT2D eigenvalue weighted by Crippen LogP contribution is -2.32. The number of urea groups is 1. The maximum Gasteiger partial charge on any atom is 0.325 e. The summed E-state index contributed by atoms with van der Waals surface area (Å²) in [5.41, 5.74) is 2.43. The first-order valence-corrected chi connectivity index (χ1v) is 8.37. The van der Waals surface area contributed by atoms with Crippen molar-refractivity contribution in [1.82, 2.24) is 15.4 Å². The Kier molecular flexibility index (Phi) is 4.23. The van der Waals surface area contributed by atoms with Crippen molar-refractivity contribution in [3.8, 4) is 11.3 Å². The standard InChI is InChI=1S/C20H17N3O3/c24-19-17(11-14-7-3-1-4-8-14)21-20(25)23(19)13-16-12-18(26-22-16)15-9-5-2-6-10-15/h1-10,12,17H,11,13H2,(H,21,25).